The predicted octanol–water partition coefficient (Wildman–Crippen LogP) is 7.93. The van der Waals surface area contributed by atoms with Gasteiger partial charge in [-0.25, -0.2) is 0 Å². The van der Waals surface area contributed by atoms with Gasteiger partial charge in [0.25, 0.3) is 0 Å². The van der Waals surface area contributed by atoms with Gasteiger partial charge in [0.2, 0.25) is 0 Å². The fraction of sp³-hybridized carbons (Fsp3) is 0.944. The SMILES string of the molecule is CCCCCCCCCCCCCCCCC(O)C(=O)[O-].CCCCCCCCCCCCCCCCC(O)C(=O)[O-].[Cd+2]. The summed E-state index contributed by atoms with van der Waals surface area (Å²) < 4.78 is 0. The maximum absolute atomic E-state index is 10.3. The Morgan fingerprint density at radius 2 is 0.558 bits per heavy atom. The summed E-state index contributed by atoms with van der Waals surface area (Å²) in [4.78, 5) is 20.6. The number of carbonyl (C=O) groups is 2. The van der Waals surface area contributed by atoms with E-state index < -0.39 is 24.1 Å². The standard InChI is InChI=1S/2C18H36O3.Cd/c2*1-2-3-4-5-6-7-8-9-10-11-12-13-14-15-16-17(19)18(20)21;/h2*17,19H,2-16H2,1H3,(H,20,21);/q;;+2/p-2. The van der Waals surface area contributed by atoms with Crippen LogP contribution in [-0.2, 0) is 36.9 Å². The number of carbonyl (C=O) groups excluding carboxylic acids is 2. The molecular formula is C36H70CdO6. The fourth-order valence-electron chi connectivity index (χ4n) is 5.30. The average molecular weight is 711 g/mol. The summed E-state index contributed by atoms with van der Waals surface area (Å²) in [6.07, 6.45) is 33.9. The van der Waals surface area contributed by atoms with Crippen molar-refractivity contribution in [1.29, 1.82) is 0 Å². The number of hydrogen-bond acceptors (Lipinski definition) is 6. The van der Waals surface area contributed by atoms with Crippen molar-refractivity contribution in [3.63, 3.8) is 0 Å². The van der Waals surface area contributed by atoms with Crippen molar-refractivity contribution in [2.24, 2.45) is 0 Å². The van der Waals surface area contributed by atoms with Crippen molar-refractivity contribution in [3.8, 4) is 0 Å². The number of carboxylic acids is 2. The van der Waals surface area contributed by atoms with Crippen LogP contribution in [0.4, 0.5) is 0 Å². The maximum atomic E-state index is 10.3. The Kier molecular flexibility index (Phi) is 43.7. The second kappa shape index (κ2) is 39.8. The smallest absolute Gasteiger partial charge is 0.547 e. The van der Waals surface area contributed by atoms with Crippen LogP contribution < -0.4 is 10.2 Å². The van der Waals surface area contributed by atoms with E-state index in [1.807, 2.05) is 0 Å². The second-order valence-electron chi connectivity index (χ2n) is 12.4. The molecular weight excluding hydrogens is 641 g/mol. The molecule has 0 radical (unpaired) electrons. The van der Waals surface area contributed by atoms with Crippen LogP contribution >= 0.6 is 0 Å². The summed E-state index contributed by atoms with van der Waals surface area (Å²) >= 11 is 0. The van der Waals surface area contributed by atoms with E-state index in [1.54, 1.807) is 0 Å². The van der Waals surface area contributed by atoms with Crippen LogP contribution in [0.2, 0.25) is 0 Å². The first kappa shape index (κ1) is 47.2. The molecule has 0 aromatic carbocycles. The van der Waals surface area contributed by atoms with Gasteiger partial charge < -0.3 is 30.0 Å². The summed E-state index contributed by atoms with van der Waals surface area (Å²) in [5, 5.41) is 38.7. The van der Waals surface area contributed by atoms with Crippen LogP contribution in [0.25, 0.3) is 0 Å². The van der Waals surface area contributed by atoms with Crippen LogP contribution in [0.15, 0.2) is 0 Å². The van der Waals surface area contributed by atoms with Gasteiger partial charge in [0, 0.05) is 0 Å². The first-order chi connectivity index (χ1) is 20.4. The summed E-state index contributed by atoms with van der Waals surface area (Å²) in [7, 11) is 0. The Balaban J connectivity index is -0.000000727. The third-order valence-corrected chi connectivity index (χ3v) is 8.21. The molecule has 7 heteroatoms. The Labute approximate surface area is 286 Å². The van der Waals surface area contributed by atoms with E-state index in [9.17, 15) is 19.8 Å². The van der Waals surface area contributed by atoms with E-state index in [-0.39, 0.29) is 27.3 Å². The molecule has 6 nitrogen and oxygen atoms in total. The molecule has 2 atom stereocenters. The quantitative estimate of drug-likeness (QED) is 0.0540. The average Bonchev–Trinajstić information content (AvgIpc) is 2.97. The Hall–Kier alpha value is -0.218. The molecule has 0 aromatic heterocycles. The van der Waals surface area contributed by atoms with Crippen LogP contribution in [0.1, 0.15) is 206 Å². The van der Waals surface area contributed by atoms with Gasteiger partial charge in [-0.05, 0) is 12.8 Å². The van der Waals surface area contributed by atoms with E-state index in [2.05, 4.69) is 13.8 Å². The predicted molar refractivity (Wildman–Crippen MR) is 172 cm³/mol. The van der Waals surface area contributed by atoms with Gasteiger partial charge >= 0.3 is 27.3 Å². The number of rotatable bonds is 32. The molecule has 0 heterocycles. The number of aliphatic hydroxyl groups is 2. The number of aliphatic carboxylic acids is 2. The first-order valence-electron chi connectivity index (χ1n) is 18.1. The normalized spacial score (nSPS) is 12.2. The van der Waals surface area contributed by atoms with Crippen molar-refractivity contribution >= 4 is 11.9 Å². The monoisotopic (exact) mass is 712 g/mol. The largest absolute Gasteiger partial charge is 2.00 e. The molecule has 2 N–H and O–H groups in total. The molecule has 0 aliphatic rings. The van der Waals surface area contributed by atoms with Gasteiger partial charge in [0.15, 0.2) is 0 Å². The second-order valence-corrected chi connectivity index (χ2v) is 12.4. The molecule has 0 amide bonds. The molecule has 0 spiro atoms. The van der Waals surface area contributed by atoms with Gasteiger partial charge in [0.1, 0.15) is 0 Å². The fourth-order valence-corrected chi connectivity index (χ4v) is 5.30. The van der Waals surface area contributed by atoms with Crippen molar-refractivity contribution in [1.82, 2.24) is 0 Å². The van der Waals surface area contributed by atoms with Crippen molar-refractivity contribution < 1.29 is 57.3 Å². The van der Waals surface area contributed by atoms with E-state index in [0.717, 1.165) is 38.5 Å². The molecule has 0 rings (SSSR count). The molecule has 252 valence electrons. The zero-order chi connectivity index (χ0) is 31.5. The van der Waals surface area contributed by atoms with Crippen LogP contribution in [0, 0.1) is 0 Å². The number of aliphatic hydroxyl groups excluding tert-OH is 2. The Morgan fingerprint density at radius 3 is 0.721 bits per heavy atom. The van der Waals surface area contributed by atoms with Crippen molar-refractivity contribution in [2.45, 2.75) is 219 Å². The summed E-state index contributed by atoms with van der Waals surface area (Å²) in [5.74, 6) is -2.69. The molecule has 0 saturated heterocycles. The van der Waals surface area contributed by atoms with Gasteiger partial charge in [-0.3, -0.25) is 0 Å². The minimum Gasteiger partial charge on any atom is -0.547 e. The van der Waals surface area contributed by atoms with E-state index in [1.165, 1.54) is 141 Å². The van der Waals surface area contributed by atoms with Crippen LogP contribution in [0.3, 0.4) is 0 Å². The van der Waals surface area contributed by atoms with Gasteiger partial charge in [0.05, 0.1) is 24.1 Å². The minimum absolute atomic E-state index is 0. The minimum atomic E-state index is -1.34. The molecule has 0 bridgehead atoms. The molecule has 0 fully saturated rings. The maximum Gasteiger partial charge on any atom is 2.00 e. The third-order valence-electron chi connectivity index (χ3n) is 8.21. The molecule has 43 heavy (non-hydrogen) atoms. The summed E-state index contributed by atoms with van der Waals surface area (Å²) in [5.41, 5.74) is 0. The first-order valence-corrected chi connectivity index (χ1v) is 18.1. The molecule has 0 saturated carbocycles. The van der Waals surface area contributed by atoms with Gasteiger partial charge in [-0.15, -0.1) is 0 Å². The number of hydrogen-bond donors (Lipinski definition) is 2. The summed E-state index contributed by atoms with van der Waals surface area (Å²) in [6, 6.07) is 0. The van der Waals surface area contributed by atoms with Crippen molar-refractivity contribution in [2.75, 3.05) is 0 Å². The van der Waals surface area contributed by atoms with Gasteiger partial charge in [-0.1, -0.05) is 194 Å². The molecule has 0 aliphatic carbocycles. The topological polar surface area (TPSA) is 121 Å². The van der Waals surface area contributed by atoms with E-state index >= 15 is 0 Å². The van der Waals surface area contributed by atoms with Crippen LogP contribution in [-0.4, -0.2) is 34.4 Å². The zero-order valence-corrected chi connectivity index (χ0v) is 32.6. The number of unbranched alkanes of at least 4 members (excludes halogenated alkanes) is 26. The molecule has 0 aliphatic heterocycles. The van der Waals surface area contributed by atoms with Gasteiger partial charge in [-0.2, -0.15) is 0 Å². The van der Waals surface area contributed by atoms with E-state index in [0.29, 0.717) is 12.8 Å². The third kappa shape index (κ3) is 41.8. The van der Waals surface area contributed by atoms with Crippen molar-refractivity contribution in [3.05, 3.63) is 0 Å². The molecule has 0 aromatic rings. The van der Waals surface area contributed by atoms with Crippen LogP contribution in [0.5, 0.6) is 0 Å². The van der Waals surface area contributed by atoms with E-state index in [4.69, 9.17) is 10.2 Å². The number of carboxylic acid groups (broad SMARTS) is 2. The zero-order valence-electron chi connectivity index (χ0n) is 28.6. The molecule has 2 unspecified atom stereocenters. The Morgan fingerprint density at radius 1 is 0.395 bits per heavy atom. The Bertz CT molecular complexity index is 512. The summed E-state index contributed by atoms with van der Waals surface area (Å²) in [6.45, 7) is 4.51.